The molecular weight excluding hydrogens is 1490 g/mol. The van der Waals surface area contributed by atoms with Gasteiger partial charge in [0.05, 0.1) is 44.1 Å². The van der Waals surface area contributed by atoms with E-state index in [0.29, 0.717) is 136 Å². The standard InChI is InChI=1S/C104H120N8O8/c1-5-9-13-17-21-25-29-33-37-41-69-73-53-75-70(42-38-34-30-26-22-18-14-10-6-2)77-55-79-72(44-40-36-32-28-24-20-16-12-8-4)80-56-78-71(43-39-35-31-27-23-19-15-11-7-3)76-54-74(69)90-66-92(76)116-100-60-84-86(110-50-48-108-84)62-102(100)118-94(78)68-96(80)120-104-64-88-87(111-51-52-112-88)63-103(104)119-95(79)67-93(77)117-101-61-85-83(107-47-49-109-85)59-99(101)115-91(75)65-89(73)113-97-57-81-82(58-98(97)114-90)106-46-45-105-81/h45-72H,5-44H2,1-4H3. The van der Waals surface area contributed by atoms with Crippen molar-refractivity contribution in [3.8, 4) is 92.0 Å². The molecule has 4 aromatic heterocycles. The lowest BCUT2D eigenvalue weighted by Crippen LogP contribution is -2.13. The number of benzene rings is 8. The first-order valence-corrected chi connectivity index (χ1v) is 46.5. The maximum atomic E-state index is 7.78. The first-order chi connectivity index (χ1) is 59.3. The van der Waals surface area contributed by atoms with Crippen LogP contribution in [-0.2, 0) is 0 Å². The fraction of sp³-hybridized carbons (Fsp3) is 0.462. The van der Waals surface area contributed by atoms with Crippen LogP contribution in [0.1, 0.15) is 353 Å². The Kier molecular flexibility index (Phi) is 27.2. The van der Waals surface area contributed by atoms with Gasteiger partial charge in [-0.1, -0.05) is 259 Å². The summed E-state index contributed by atoms with van der Waals surface area (Å²) < 4.78 is 62.3. The number of aromatic nitrogens is 8. The van der Waals surface area contributed by atoms with Gasteiger partial charge < -0.3 is 37.9 Å². The molecule has 5 aliphatic rings. The van der Waals surface area contributed by atoms with Crippen LogP contribution in [0.4, 0.5) is 0 Å². The molecule has 0 fully saturated rings. The first-order valence-electron chi connectivity index (χ1n) is 46.5. The predicted octanol–water partition coefficient (Wildman–Crippen LogP) is 31.6. The van der Waals surface area contributed by atoms with Crippen molar-refractivity contribution in [2.75, 3.05) is 0 Å². The SMILES string of the molecule is CCCCCCCCCCCC1c2cc3c4cc2Oc2cc5nccnc5cc2Oc2cc5c(cc21)C(CCCCCCCCCCC)c1cc2c(cc1Oc1cc6nccnc6cc1O5)Oc1cc5nccnc5cc1Oc1cc(c(cc1C2CCCCCCCCCCC)C3CCCCCCCCCCC)Oc1cc2nccnc2cc1O4. The third-order valence-electron chi connectivity index (χ3n) is 25.9. The van der Waals surface area contributed by atoms with E-state index in [1.54, 1.807) is 49.6 Å². The highest BCUT2D eigenvalue weighted by molar-refractivity contribution is 5.84. The number of ether oxygens (including phenoxy) is 8. The summed E-state index contributed by atoms with van der Waals surface area (Å²) in [7, 11) is 0. The fourth-order valence-corrected chi connectivity index (χ4v) is 19.3. The molecule has 12 aromatic rings. The number of unbranched alkanes of at least 4 members (excludes halogenated alkanes) is 32. The summed E-state index contributed by atoms with van der Waals surface area (Å²) in [5, 5.41) is 0. The lowest BCUT2D eigenvalue weighted by atomic mass is 9.76. The van der Waals surface area contributed by atoms with Gasteiger partial charge >= 0.3 is 0 Å². The minimum atomic E-state index is -0.306. The minimum Gasteiger partial charge on any atom is -0.453 e. The van der Waals surface area contributed by atoms with Crippen molar-refractivity contribution in [1.82, 2.24) is 39.9 Å². The number of fused-ring (bicyclic) bond motifs is 8. The second kappa shape index (κ2) is 39.8. The molecule has 16 nitrogen and oxygen atoms in total. The normalized spacial score (nSPS) is 15.7. The van der Waals surface area contributed by atoms with Crippen LogP contribution >= 0.6 is 0 Å². The van der Waals surface area contributed by atoms with Gasteiger partial charge in [-0.3, -0.25) is 39.9 Å². The summed E-state index contributed by atoms with van der Waals surface area (Å²) >= 11 is 0. The van der Waals surface area contributed by atoms with Crippen molar-refractivity contribution in [3.63, 3.8) is 0 Å². The van der Waals surface area contributed by atoms with Crippen LogP contribution < -0.4 is 37.9 Å². The van der Waals surface area contributed by atoms with Crippen LogP contribution in [-0.4, -0.2) is 39.9 Å². The van der Waals surface area contributed by atoms with Crippen LogP contribution in [0, 0.1) is 0 Å². The predicted molar refractivity (Wildman–Crippen MR) is 479 cm³/mol. The molecule has 1 aliphatic carbocycles. The Morgan fingerprint density at radius 1 is 0.158 bits per heavy atom. The number of hydrogen-bond donors (Lipinski definition) is 0. The molecule has 0 atom stereocenters. The Labute approximate surface area is 709 Å². The highest BCUT2D eigenvalue weighted by atomic mass is 16.5. The van der Waals surface area contributed by atoms with Gasteiger partial charge in [-0.2, -0.15) is 0 Å². The Morgan fingerprint density at radius 3 is 0.433 bits per heavy atom. The lowest BCUT2D eigenvalue weighted by molar-refractivity contribution is 0.400. The molecule has 8 heterocycles. The second-order valence-electron chi connectivity index (χ2n) is 34.6. The largest absolute Gasteiger partial charge is 0.453 e. The van der Waals surface area contributed by atoms with E-state index in [-0.39, 0.29) is 23.7 Å². The maximum Gasteiger partial charge on any atom is 0.172 e. The molecule has 624 valence electrons. The van der Waals surface area contributed by atoms with E-state index >= 15 is 0 Å². The number of nitrogens with zero attached hydrogens (tertiary/aromatic N) is 8. The topological polar surface area (TPSA) is 177 Å². The van der Waals surface area contributed by atoms with Crippen LogP contribution in [0.3, 0.4) is 0 Å². The van der Waals surface area contributed by atoms with E-state index < -0.39 is 0 Å². The third kappa shape index (κ3) is 19.0. The van der Waals surface area contributed by atoms with E-state index in [2.05, 4.69) is 76.2 Å². The van der Waals surface area contributed by atoms with Crippen molar-refractivity contribution < 1.29 is 37.9 Å². The van der Waals surface area contributed by atoms with Crippen LogP contribution in [0.5, 0.6) is 92.0 Å². The quantitative estimate of drug-likeness (QED) is 0.0331. The van der Waals surface area contributed by atoms with Crippen molar-refractivity contribution >= 4 is 44.1 Å². The summed E-state index contributed by atoms with van der Waals surface area (Å²) in [5.41, 5.74) is 13.6. The number of hydrogen-bond acceptors (Lipinski definition) is 16. The van der Waals surface area contributed by atoms with E-state index in [1.807, 2.05) is 48.5 Å². The van der Waals surface area contributed by atoms with Gasteiger partial charge in [0.2, 0.25) is 0 Å². The van der Waals surface area contributed by atoms with Crippen LogP contribution in [0.15, 0.2) is 147 Å². The molecular formula is C104H120N8O8. The lowest BCUT2D eigenvalue weighted by Gasteiger charge is -2.30. The highest BCUT2D eigenvalue weighted by Gasteiger charge is 2.40. The molecule has 4 aliphatic heterocycles. The summed E-state index contributed by atoms with van der Waals surface area (Å²) in [6.07, 6.45) is 59.7. The van der Waals surface area contributed by atoms with Crippen molar-refractivity contribution in [2.24, 2.45) is 0 Å². The molecule has 120 heavy (non-hydrogen) atoms. The summed E-state index contributed by atoms with van der Waals surface area (Å²) in [4.78, 5) is 39.4. The zero-order valence-corrected chi connectivity index (χ0v) is 71.3. The Morgan fingerprint density at radius 2 is 0.292 bits per heavy atom. The molecule has 0 spiro atoms. The van der Waals surface area contributed by atoms with E-state index in [1.165, 1.54) is 154 Å². The maximum absolute atomic E-state index is 7.78. The third-order valence-corrected chi connectivity index (χ3v) is 25.9. The smallest absolute Gasteiger partial charge is 0.172 e. The first kappa shape index (κ1) is 81.9. The summed E-state index contributed by atoms with van der Waals surface area (Å²) in [6.45, 7) is 9.20. The van der Waals surface area contributed by atoms with Crippen LogP contribution in [0.25, 0.3) is 44.1 Å². The number of rotatable bonds is 40. The summed E-state index contributed by atoms with van der Waals surface area (Å²) in [5.74, 6) is 7.95. The van der Waals surface area contributed by atoms with E-state index in [4.69, 9.17) is 77.8 Å². The Hall–Kier alpha value is -10.5. The Balaban J connectivity index is 0.965. The van der Waals surface area contributed by atoms with Gasteiger partial charge in [0.15, 0.2) is 46.0 Å². The molecule has 0 N–H and O–H groups in total. The van der Waals surface area contributed by atoms with E-state index in [9.17, 15) is 0 Å². The molecule has 16 heteroatoms. The van der Waals surface area contributed by atoms with Gasteiger partial charge in [0.1, 0.15) is 46.0 Å². The monoisotopic (exact) mass is 1610 g/mol. The molecule has 8 bridgehead atoms. The molecule has 0 unspecified atom stereocenters. The highest BCUT2D eigenvalue weighted by Crippen LogP contribution is 2.60. The molecule has 0 amide bonds. The molecule has 8 aromatic carbocycles. The summed E-state index contributed by atoms with van der Waals surface area (Å²) in [6, 6.07) is 34.6. The van der Waals surface area contributed by atoms with Crippen LogP contribution in [0.2, 0.25) is 0 Å². The zero-order valence-electron chi connectivity index (χ0n) is 71.3. The van der Waals surface area contributed by atoms with Gasteiger partial charge in [-0.25, -0.2) is 0 Å². The second-order valence-corrected chi connectivity index (χ2v) is 34.6. The fourth-order valence-electron chi connectivity index (χ4n) is 19.3. The average molecular weight is 1610 g/mol. The van der Waals surface area contributed by atoms with Gasteiger partial charge in [-0.05, 0) is 49.9 Å². The molecule has 17 rings (SSSR count). The van der Waals surface area contributed by atoms with Gasteiger partial charge in [-0.15, -0.1) is 0 Å². The molecule has 0 saturated heterocycles. The Bertz CT molecular complexity index is 4590. The van der Waals surface area contributed by atoms with E-state index in [0.717, 1.165) is 147 Å². The van der Waals surface area contributed by atoms with Crippen molar-refractivity contribution in [1.29, 1.82) is 0 Å². The van der Waals surface area contributed by atoms with Gasteiger partial charge in [0, 0.05) is 191 Å². The average Bonchev–Trinajstić information content (AvgIpc) is 1.11. The molecule has 0 radical (unpaired) electrons. The van der Waals surface area contributed by atoms with Crippen molar-refractivity contribution in [2.45, 2.75) is 308 Å². The van der Waals surface area contributed by atoms with Crippen molar-refractivity contribution in [3.05, 3.63) is 191 Å². The van der Waals surface area contributed by atoms with Gasteiger partial charge in [0.25, 0.3) is 0 Å². The zero-order chi connectivity index (χ0) is 81.4. The molecule has 0 saturated carbocycles. The minimum absolute atomic E-state index is 0.306.